The average Bonchev–Trinajstić information content (AvgIpc) is 2.87. The van der Waals surface area contributed by atoms with Crippen LogP contribution in [-0.2, 0) is 11.2 Å². The first kappa shape index (κ1) is 14.5. The van der Waals surface area contributed by atoms with Crippen LogP contribution in [0.15, 0.2) is 24.3 Å². The van der Waals surface area contributed by atoms with Gasteiger partial charge in [0, 0.05) is 12.1 Å². The summed E-state index contributed by atoms with van der Waals surface area (Å²) in [4.78, 5) is 23.1. The lowest BCUT2D eigenvalue weighted by atomic mass is 9.98. The van der Waals surface area contributed by atoms with Crippen molar-refractivity contribution in [1.29, 1.82) is 0 Å². The van der Waals surface area contributed by atoms with E-state index in [4.69, 9.17) is 11.5 Å². The highest BCUT2D eigenvalue weighted by atomic mass is 16.2. The van der Waals surface area contributed by atoms with Crippen molar-refractivity contribution in [3.8, 4) is 0 Å². The van der Waals surface area contributed by atoms with Crippen molar-refractivity contribution in [2.45, 2.75) is 37.6 Å². The molecule has 5 heteroatoms. The fourth-order valence-electron chi connectivity index (χ4n) is 2.61. The van der Waals surface area contributed by atoms with Crippen LogP contribution < -0.4 is 16.8 Å². The Morgan fingerprint density at radius 2 is 1.95 bits per heavy atom. The van der Waals surface area contributed by atoms with Crippen LogP contribution in [0.2, 0.25) is 0 Å². The molecule has 1 aliphatic rings. The van der Waals surface area contributed by atoms with Crippen LogP contribution in [0.5, 0.6) is 0 Å². The quantitative estimate of drug-likeness (QED) is 0.738. The van der Waals surface area contributed by atoms with Crippen LogP contribution >= 0.6 is 0 Å². The van der Waals surface area contributed by atoms with Crippen LogP contribution in [0, 0.1) is 0 Å². The van der Waals surface area contributed by atoms with E-state index in [1.165, 1.54) is 0 Å². The molecule has 1 saturated carbocycles. The lowest BCUT2D eigenvalue weighted by Crippen LogP contribution is -2.52. The number of rotatable bonds is 5. The van der Waals surface area contributed by atoms with Gasteiger partial charge in [0.05, 0.1) is 5.54 Å². The van der Waals surface area contributed by atoms with Crippen molar-refractivity contribution in [3.05, 3.63) is 35.4 Å². The normalized spacial score (nSPS) is 16.9. The molecule has 20 heavy (non-hydrogen) atoms. The van der Waals surface area contributed by atoms with Crippen molar-refractivity contribution >= 4 is 11.8 Å². The van der Waals surface area contributed by atoms with E-state index in [2.05, 4.69) is 5.32 Å². The number of carbonyl (C=O) groups excluding carboxylic acids is 2. The Labute approximate surface area is 118 Å². The Balaban J connectivity index is 1.85. The molecular formula is C15H21N3O2. The van der Waals surface area contributed by atoms with E-state index in [0.717, 1.165) is 31.2 Å². The van der Waals surface area contributed by atoms with Gasteiger partial charge in [0.25, 0.3) is 0 Å². The van der Waals surface area contributed by atoms with E-state index in [9.17, 15) is 9.59 Å². The first-order valence-corrected chi connectivity index (χ1v) is 6.97. The second-order valence-electron chi connectivity index (χ2n) is 5.43. The van der Waals surface area contributed by atoms with Gasteiger partial charge in [0.2, 0.25) is 11.8 Å². The Morgan fingerprint density at radius 1 is 1.25 bits per heavy atom. The molecule has 5 nitrogen and oxygen atoms in total. The predicted molar refractivity (Wildman–Crippen MR) is 77.1 cm³/mol. The van der Waals surface area contributed by atoms with Crippen LogP contribution in [0.4, 0.5) is 0 Å². The van der Waals surface area contributed by atoms with Gasteiger partial charge < -0.3 is 16.8 Å². The van der Waals surface area contributed by atoms with Crippen molar-refractivity contribution in [1.82, 2.24) is 5.32 Å². The summed E-state index contributed by atoms with van der Waals surface area (Å²) in [6, 6.07) is 7.13. The minimum Gasteiger partial charge on any atom is -0.366 e. The number of hydrogen-bond donors (Lipinski definition) is 3. The number of nitrogens with one attached hydrogen (secondary N) is 1. The van der Waals surface area contributed by atoms with E-state index in [1.807, 2.05) is 6.07 Å². The largest absolute Gasteiger partial charge is 0.366 e. The van der Waals surface area contributed by atoms with Gasteiger partial charge >= 0.3 is 0 Å². The molecule has 5 N–H and O–H groups in total. The summed E-state index contributed by atoms with van der Waals surface area (Å²) in [5.74, 6) is -0.510. The van der Waals surface area contributed by atoms with Gasteiger partial charge in [-0.3, -0.25) is 9.59 Å². The van der Waals surface area contributed by atoms with Crippen molar-refractivity contribution in [2.24, 2.45) is 11.5 Å². The highest BCUT2D eigenvalue weighted by Gasteiger charge is 2.36. The van der Waals surface area contributed by atoms with Crippen LogP contribution in [0.25, 0.3) is 0 Å². The third kappa shape index (κ3) is 3.36. The summed E-state index contributed by atoms with van der Waals surface area (Å²) in [6.07, 6.45) is 4.21. The van der Waals surface area contributed by atoms with Gasteiger partial charge in [-0.1, -0.05) is 25.0 Å². The van der Waals surface area contributed by atoms with E-state index >= 15 is 0 Å². The van der Waals surface area contributed by atoms with Gasteiger partial charge in [-0.05, 0) is 37.0 Å². The maximum absolute atomic E-state index is 12.0. The summed E-state index contributed by atoms with van der Waals surface area (Å²) in [6.45, 7) is 0.514. The molecule has 1 aromatic rings. The van der Waals surface area contributed by atoms with Crippen LogP contribution in [0.1, 0.15) is 41.6 Å². The van der Waals surface area contributed by atoms with E-state index < -0.39 is 11.4 Å². The second-order valence-corrected chi connectivity index (χ2v) is 5.43. The summed E-state index contributed by atoms with van der Waals surface area (Å²) in [5.41, 5.74) is 12.1. The molecule has 108 valence electrons. The maximum atomic E-state index is 12.0. The maximum Gasteiger partial charge on any atom is 0.248 e. The second kappa shape index (κ2) is 6.05. The predicted octanol–water partition coefficient (Wildman–Crippen LogP) is 0.716. The number of hydrogen-bond acceptors (Lipinski definition) is 3. The molecule has 0 bridgehead atoms. The first-order valence-electron chi connectivity index (χ1n) is 6.97. The zero-order valence-corrected chi connectivity index (χ0v) is 11.5. The number of benzene rings is 1. The molecular weight excluding hydrogens is 254 g/mol. The lowest BCUT2D eigenvalue weighted by Gasteiger charge is -2.22. The number of primary amides is 1. The van der Waals surface area contributed by atoms with Crippen molar-refractivity contribution in [3.63, 3.8) is 0 Å². The number of amides is 2. The Hall–Kier alpha value is -1.88. The van der Waals surface area contributed by atoms with Gasteiger partial charge in [-0.25, -0.2) is 0 Å². The molecule has 0 aliphatic heterocycles. The standard InChI is InChI=1S/C15H21N3O2/c16-13(19)12-5-3-4-11(10-12)6-9-18-14(20)15(17)7-1-2-8-15/h3-5,10H,1-2,6-9,17H2,(H2,16,19)(H,18,20). The molecule has 0 saturated heterocycles. The number of carbonyl (C=O) groups is 2. The summed E-state index contributed by atoms with van der Waals surface area (Å²) < 4.78 is 0. The van der Waals surface area contributed by atoms with Gasteiger partial charge in [-0.2, -0.15) is 0 Å². The van der Waals surface area contributed by atoms with Crippen LogP contribution in [0.3, 0.4) is 0 Å². The van der Waals surface area contributed by atoms with E-state index in [1.54, 1.807) is 18.2 Å². The molecule has 0 atom stereocenters. The van der Waals surface area contributed by atoms with Crippen molar-refractivity contribution in [2.75, 3.05) is 6.54 Å². The Bertz CT molecular complexity index is 508. The molecule has 1 fully saturated rings. The highest BCUT2D eigenvalue weighted by molar-refractivity contribution is 5.92. The van der Waals surface area contributed by atoms with Gasteiger partial charge in [-0.15, -0.1) is 0 Å². The van der Waals surface area contributed by atoms with Crippen LogP contribution in [-0.4, -0.2) is 23.9 Å². The Morgan fingerprint density at radius 3 is 2.60 bits per heavy atom. The highest BCUT2D eigenvalue weighted by Crippen LogP contribution is 2.27. The number of nitrogens with two attached hydrogens (primary N) is 2. The first-order chi connectivity index (χ1) is 9.51. The minimum atomic E-state index is -0.685. The topological polar surface area (TPSA) is 98.2 Å². The van der Waals surface area contributed by atoms with E-state index in [0.29, 0.717) is 18.5 Å². The monoisotopic (exact) mass is 275 g/mol. The summed E-state index contributed by atoms with van der Waals surface area (Å²) in [5, 5.41) is 2.88. The molecule has 0 aromatic heterocycles. The smallest absolute Gasteiger partial charge is 0.248 e. The minimum absolute atomic E-state index is 0.0685. The van der Waals surface area contributed by atoms with Gasteiger partial charge in [0.15, 0.2) is 0 Å². The average molecular weight is 275 g/mol. The molecule has 2 rings (SSSR count). The molecule has 0 spiro atoms. The summed E-state index contributed by atoms with van der Waals surface area (Å²) in [7, 11) is 0. The molecule has 1 aromatic carbocycles. The third-order valence-electron chi connectivity index (χ3n) is 3.86. The molecule has 0 radical (unpaired) electrons. The summed E-state index contributed by atoms with van der Waals surface area (Å²) >= 11 is 0. The fraction of sp³-hybridized carbons (Fsp3) is 0.467. The lowest BCUT2D eigenvalue weighted by molar-refractivity contribution is -0.126. The van der Waals surface area contributed by atoms with Crippen molar-refractivity contribution < 1.29 is 9.59 Å². The van der Waals surface area contributed by atoms with E-state index in [-0.39, 0.29) is 5.91 Å². The van der Waals surface area contributed by atoms with Gasteiger partial charge in [0.1, 0.15) is 0 Å². The molecule has 2 amide bonds. The third-order valence-corrected chi connectivity index (χ3v) is 3.86. The Kier molecular flexibility index (Phi) is 4.39. The molecule has 0 unspecified atom stereocenters. The SMILES string of the molecule is NC(=O)c1cccc(CCNC(=O)C2(N)CCCC2)c1. The zero-order valence-electron chi connectivity index (χ0n) is 11.5. The fourth-order valence-corrected chi connectivity index (χ4v) is 2.61. The zero-order chi connectivity index (χ0) is 14.6. The molecule has 0 heterocycles. The molecule has 1 aliphatic carbocycles.